The van der Waals surface area contributed by atoms with E-state index in [0.29, 0.717) is 13.1 Å². The molecule has 0 atom stereocenters. The molecule has 0 unspecified atom stereocenters. The van der Waals surface area contributed by atoms with Crippen LogP contribution in [0.25, 0.3) is 0 Å². The van der Waals surface area contributed by atoms with Crippen LogP contribution in [0.4, 0.5) is 0 Å². The van der Waals surface area contributed by atoms with E-state index < -0.39 is 0 Å². The molecule has 0 heterocycles. The third kappa shape index (κ3) is 3.90. The van der Waals surface area contributed by atoms with Crippen LogP contribution < -0.4 is 10.6 Å². The van der Waals surface area contributed by atoms with Crippen molar-refractivity contribution in [1.29, 1.82) is 5.26 Å². The van der Waals surface area contributed by atoms with Gasteiger partial charge in [-0.1, -0.05) is 0 Å². The zero-order valence-corrected chi connectivity index (χ0v) is 7.88. The maximum absolute atomic E-state index is 11.1. The summed E-state index contributed by atoms with van der Waals surface area (Å²) in [5, 5.41) is 13.4. The van der Waals surface area contributed by atoms with Gasteiger partial charge in [-0.3, -0.25) is 9.59 Å². The predicted molar refractivity (Wildman–Crippen MR) is 49.0 cm³/mol. The number of nitrogens with zero attached hydrogens (tertiary/aromatic N) is 1. The number of carbonyl (C=O) groups is 2. The molecule has 5 nitrogen and oxygen atoms in total. The summed E-state index contributed by atoms with van der Waals surface area (Å²) < 4.78 is 0. The van der Waals surface area contributed by atoms with Crippen molar-refractivity contribution in [2.45, 2.75) is 19.3 Å². The molecule has 0 aromatic rings. The predicted octanol–water partition coefficient (Wildman–Crippen LogP) is -0.458. The van der Waals surface area contributed by atoms with Crippen LogP contribution in [-0.4, -0.2) is 24.9 Å². The summed E-state index contributed by atoms with van der Waals surface area (Å²) in [6.45, 7) is 0.825. The molecular weight excluding hydrogens is 182 g/mol. The van der Waals surface area contributed by atoms with Gasteiger partial charge in [-0.25, -0.2) is 0 Å². The van der Waals surface area contributed by atoms with Crippen LogP contribution >= 0.6 is 0 Å². The first-order chi connectivity index (χ1) is 6.74. The monoisotopic (exact) mass is 195 g/mol. The molecule has 76 valence electrons. The van der Waals surface area contributed by atoms with Crippen LogP contribution in [0.2, 0.25) is 0 Å². The van der Waals surface area contributed by atoms with Crippen molar-refractivity contribution in [2.75, 3.05) is 13.1 Å². The van der Waals surface area contributed by atoms with Gasteiger partial charge in [0.1, 0.15) is 6.42 Å². The Kier molecular flexibility index (Phi) is 3.92. The Hall–Kier alpha value is -1.57. The van der Waals surface area contributed by atoms with Crippen molar-refractivity contribution in [1.82, 2.24) is 10.6 Å². The molecule has 5 heteroatoms. The van der Waals surface area contributed by atoms with Crippen molar-refractivity contribution >= 4 is 11.8 Å². The van der Waals surface area contributed by atoms with Gasteiger partial charge >= 0.3 is 0 Å². The van der Waals surface area contributed by atoms with Gasteiger partial charge < -0.3 is 10.6 Å². The van der Waals surface area contributed by atoms with E-state index in [1.807, 2.05) is 0 Å². The van der Waals surface area contributed by atoms with Gasteiger partial charge in [0.25, 0.3) is 0 Å². The third-order valence-corrected chi connectivity index (χ3v) is 1.93. The summed E-state index contributed by atoms with van der Waals surface area (Å²) in [4.78, 5) is 21.9. The second kappa shape index (κ2) is 5.22. The Bertz CT molecular complexity index is 266. The van der Waals surface area contributed by atoms with Crippen molar-refractivity contribution in [2.24, 2.45) is 5.92 Å². The highest BCUT2D eigenvalue weighted by Gasteiger charge is 2.28. The Morgan fingerprint density at radius 1 is 1.29 bits per heavy atom. The molecule has 0 aromatic carbocycles. The van der Waals surface area contributed by atoms with E-state index in [4.69, 9.17) is 5.26 Å². The third-order valence-electron chi connectivity index (χ3n) is 1.93. The molecule has 2 amide bonds. The maximum atomic E-state index is 11.1. The van der Waals surface area contributed by atoms with E-state index >= 15 is 0 Å². The quantitative estimate of drug-likeness (QED) is 0.582. The molecule has 0 bridgehead atoms. The van der Waals surface area contributed by atoms with Gasteiger partial charge in [-0.15, -0.1) is 0 Å². The second-order valence-electron chi connectivity index (χ2n) is 3.25. The number of carbonyl (C=O) groups excluding carboxylic acids is 2. The lowest BCUT2D eigenvalue weighted by Gasteiger charge is -2.04. The Balaban J connectivity index is 1.96. The summed E-state index contributed by atoms with van der Waals surface area (Å²) >= 11 is 0. The van der Waals surface area contributed by atoms with Crippen LogP contribution in [0.15, 0.2) is 0 Å². The second-order valence-corrected chi connectivity index (χ2v) is 3.25. The van der Waals surface area contributed by atoms with Crippen LogP contribution in [0, 0.1) is 17.2 Å². The Morgan fingerprint density at radius 2 is 1.93 bits per heavy atom. The molecule has 1 fully saturated rings. The lowest BCUT2D eigenvalue weighted by atomic mass is 10.4. The highest BCUT2D eigenvalue weighted by molar-refractivity contribution is 5.81. The lowest BCUT2D eigenvalue weighted by molar-refractivity contribution is -0.123. The maximum Gasteiger partial charge on any atom is 0.234 e. The number of hydrogen-bond acceptors (Lipinski definition) is 3. The van der Waals surface area contributed by atoms with E-state index in [1.165, 1.54) is 0 Å². The minimum Gasteiger partial charge on any atom is -0.354 e. The Morgan fingerprint density at radius 3 is 2.50 bits per heavy atom. The standard InChI is InChI=1S/C9H13N3O2/c10-4-3-8(13)11-5-6-12-9(14)7-1-2-7/h7H,1-3,5-6H2,(H,11,13)(H,12,14). The molecular formula is C9H13N3O2. The molecule has 1 rings (SSSR count). The topological polar surface area (TPSA) is 82.0 Å². The normalized spacial score (nSPS) is 14.2. The zero-order valence-electron chi connectivity index (χ0n) is 7.88. The van der Waals surface area contributed by atoms with Crippen molar-refractivity contribution in [3.05, 3.63) is 0 Å². The van der Waals surface area contributed by atoms with Gasteiger partial charge in [0.05, 0.1) is 6.07 Å². The van der Waals surface area contributed by atoms with E-state index in [2.05, 4.69) is 10.6 Å². The molecule has 0 aliphatic heterocycles. The van der Waals surface area contributed by atoms with Gasteiger partial charge in [0, 0.05) is 19.0 Å². The molecule has 0 aromatic heterocycles. The smallest absolute Gasteiger partial charge is 0.234 e. The largest absolute Gasteiger partial charge is 0.354 e. The van der Waals surface area contributed by atoms with Gasteiger partial charge in [0.2, 0.25) is 11.8 Å². The van der Waals surface area contributed by atoms with Crippen molar-refractivity contribution in [3.63, 3.8) is 0 Å². The molecule has 1 aliphatic carbocycles. The molecule has 0 spiro atoms. The first kappa shape index (κ1) is 10.5. The lowest BCUT2D eigenvalue weighted by Crippen LogP contribution is -2.35. The first-order valence-corrected chi connectivity index (χ1v) is 4.65. The number of rotatable bonds is 5. The van der Waals surface area contributed by atoms with Crippen LogP contribution in [-0.2, 0) is 9.59 Å². The van der Waals surface area contributed by atoms with Crippen molar-refractivity contribution in [3.8, 4) is 6.07 Å². The fraction of sp³-hybridized carbons (Fsp3) is 0.667. The summed E-state index contributed by atoms with van der Waals surface area (Å²) in [7, 11) is 0. The minimum atomic E-state index is -0.298. The Labute approximate surface area is 82.5 Å². The van der Waals surface area contributed by atoms with E-state index in [0.717, 1.165) is 12.8 Å². The summed E-state index contributed by atoms with van der Waals surface area (Å²) in [6, 6.07) is 1.75. The molecule has 2 N–H and O–H groups in total. The van der Waals surface area contributed by atoms with Gasteiger partial charge in [0.15, 0.2) is 0 Å². The van der Waals surface area contributed by atoms with E-state index in [9.17, 15) is 9.59 Å². The highest BCUT2D eigenvalue weighted by atomic mass is 16.2. The number of nitriles is 1. The SMILES string of the molecule is N#CCC(=O)NCCNC(=O)C1CC1. The van der Waals surface area contributed by atoms with E-state index in [1.54, 1.807) is 6.07 Å². The van der Waals surface area contributed by atoms with E-state index in [-0.39, 0.29) is 24.2 Å². The molecule has 0 radical (unpaired) electrons. The average Bonchev–Trinajstić information content (AvgIpc) is 2.95. The highest BCUT2D eigenvalue weighted by Crippen LogP contribution is 2.28. The fourth-order valence-corrected chi connectivity index (χ4v) is 1.01. The fourth-order valence-electron chi connectivity index (χ4n) is 1.01. The van der Waals surface area contributed by atoms with Crippen LogP contribution in [0.5, 0.6) is 0 Å². The number of hydrogen-bond donors (Lipinski definition) is 2. The zero-order chi connectivity index (χ0) is 10.4. The average molecular weight is 195 g/mol. The first-order valence-electron chi connectivity index (χ1n) is 4.65. The molecule has 1 aliphatic rings. The molecule has 1 saturated carbocycles. The summed E-state index contributed by atoms with van der Waals surface area (Å²) in [6.07, 6.45) is 1.83. The molecule has 0 saturated heterocycles. The van der Waals surface area contributed by atoms with Crippen LogP contribution in [0.1, 0.15) is 19.3 Å². The van der Waals surface area contributed by atoms with Crippen molar-refractivity contribution < 1.29 is 9.59 Å². The number of amides is 2. The summed E-state index contributed by atoms with van der Waals surface area (Å²) in [5.41, 5.74) is 0. The molecule has 14 heavy (non-hydrogen) atoms. The minimum absolute atomic E-state index is 0.0690. The summed E-state index contributed by atoms with van der Waals surface area (Å²) in [5.74, 6) is -0.0301. The van der Waals surface area contributed by atoms with Crippen LogP contribution in [0.3, 0.4) is 0 Å². The van der Waals surface area contributed by atoms with Gasteiger partial charge in [-0.05, 0) is 12.8 Å². The number of nitrogens with one attached hydrogen (secondary N) is 2. The van der Waals surface area contributed by atoms with Gasteiger partial charge in [-0.2, -0.15) is 5.26 Å².